The molecule has 0 unspecified atom stereocenters. The number of rotatable bonds is 6. The minimum Gasteiger partial charge on any atom is -0.352 e. The van der Waals surface area contributed by atoms with E-state index in [1.165, 1.54) is 11.4 Å². The van der Waals surface area contributed by atoms with Crippen molar-refractivity contribution in [2.24, 2.45) is 5.92 Å². The molecule has 2 aromatic carbocycles. The molecular weight excluding hydrogens is 336 g/mol. The first-order valence-electron chi connectivity index (χ1n) is 8.16. The van der Waals surface area contributed by atoms with Crippen LogP contribution in [0.4, 0.5) is 5.69 Å². The average molecular weight is 360 g/mol. The van der Waals surface area contributed by atoms with Crippen LogP contribution in [0, 0.1) is 12.8 Å². The summed E-state index contributed by atoms with van der Waals surface area (Å²) < 4.78 is 26.8. The van der Waals surface area contributed by atoms with Crippen LogP contribution in [0.1, 0.15) is 29.8 Å². The van der Waals surface area contributed by atoms with Crippen molar-refractivity contribution in [1.82, 2.24) is 5.32 Å². The summed E-state index contributed by atoms with van der Waals surface area (Å²) in [5, 5.41) is 2.85. The van der Waals surface area contributed by atoms with E-state index in [0.717, 1.165) is 5.56 Å². The largest absolute Gasteiger partial charge is 0.352 e. The molecule has 6 heteroatoms. The second-order valence-electron chi connectivity index (χ2n) is 6.39. The molecule has 0 fully saturated rings. The number of aryl methyl sites for hydroxylation is 1. The van der Waals surface area contributed by atoms with Crippen molar-refractivity contribution in [3.05, 3.63) is 59.7 Å². The number of hydrogen-bond acceptors (Lipinski definition) is 3. The smallest absolute Gasteiger partial charge is 0.264 e. The molecule has 1 amide bonds. The Morgan fingerprint density at radius 1 is 1.12 bits per heavy atom. The lowest BCUT2D eigenvalue weighted by Crippen LogP contribution is -2.29. The van der Waals surface area contributed by atoms with Crippen LogP contribution in [0.3, 0.4) is 0 Å². The number of hydrogen-bond donors (Lipinski definition) is 1. The number of amides is 1. The first kappa shape index (κ1) is 19.0. The Bertz CT molecular complexity index is 846. The lowest BCUT2D eigenvalue weighted by Gasteiger charge is -2.22. The van der Waals surface area contributed by atoms with Crippen LogP contribution >= 0.6 is 0 Å². The Morgan fingerprint density at radius 3 is 2.36 bits per heavy atom. The summed E-state index contributed by atoms with van der Waals surface area (Å²) in [5.74, 6) is 0.135. The third kappa shape index (κ3) is 4.39. The van der Waals surface area contributed by atoms with E-state index in [0.29, 0.717) is 23.7 Å². The van der Waals surface area contributed by atoms with Gasteiger partial charge >= 0.3 is 0 Å². The van der Waals surface area contributed by atoms with Gasteiger partial charge in [0.1, 0.15) is 0 Å². The van der Waals surface area contributed by atoms with Gasteiger partial charge in [-0.15, -0.1) is 0 Å². The van der Waals surface area contributed by atoms with Gasteiger partial charge in [0, 0.05) is 19.2 Å². The highest BCUT2D eigenvalue weighted by Crippen LogP contribution is 2.26. The Morgan fingerprint density at radius 2 is 1.76 bits per heavy atom. The Balaban J connectivity index is 2.35. The minimum absolute atomic E-state index is 0.208. The maximum absolute atomic E-state index is 12.8. The first-order chi connectivity index (χ1) is 11.7. The number of carbonyl (C=O) groups is 1. The van der Waals surface area contributed by atoms with Gasteiger partial charge in [-0.05, 0) is 42.7 Å². The van der Waals surface area contributed by atoms with Crippen molar-refractivity contribution in [2.45, 2.75) is 25.7 Å². The topological polar surface area (TPSA) is 66.5 Å². The fourth-order valence-electron chi connectivity index (χ4n) is 2.37. The van der Waals surface area contributed by atoms with Crippen molar-refractivity contribution < 1.29 is 13.2 Å². The molecule has 0 saturated carbocycles. The zero-order valence-electron chi connectivity index (χ0n) is 15.0. The number of nitrogens with one attached hydrogen (secondary N) is 1. The molecule has 25 heavy (non-hydrogen) atoms. The van der Waals surface area contributed by atoms with Crippen molar-refractivity contribution in [3.8, 4) is 0 Å². The highest BCUT2D eigenvalue weighted by atomic mass is 32.2. The third-order valence-corrected chi connectivity index (χ3v) is 5.67. The SMILES string of the molecule is Cc1ccc(C(=O)NCC(C)C)cc1N(C)S(=O)(=O)c1ccccc1. The Hall–Kier alpha value is -2.34. The Kier molecular flexibility index (Phi) is 5.85. The van der Waals surface area contributed by atoms with Crippen LogP contribution in [0.25, 0.3) is 0 Å². The van der Waals surface area contributed by atoms with Crippen LogP contribution in [-0.2, 0) is 10.0 Å². The minimum atomic E-state index is -3.68. The van der Waals surface area contributed by atoms with Gasteiger partial charge in [-0.25, -0.2) is 8.42 Å². The molecule has 0 heterocycles. The number of anilines is 1. The molecule has 0 saturated heterocycles. The lowest BCUT2D eigenvalue weighted by atomic mass is 10.1. The van der Waals surface area contributed by atoms with Gasteiger partial charge in [0.05, 0.1) is 10.6 Å². The summed E-state index contributed by atoms with van der Waals surface area (Å²) in [4.78, 5) is 12.5. The van der Waals surface area contributed by atoms with E-state index < -0.39 is 10.0 Å². The highest BCUT2D eigenvalue weighted by molar-refractivity contribution is 7.92. The van der Waals surface area contributed by atoms with Crippen molar-refractivity contribution in [1.29, 1.82) is 0 Å². The zero-order chi connectivity index (χ0) is 18.6. The number of benzene rings is 2. The van der Waals surface area contributed by atoms with Crippen LogP contribution in [0.15, 0.2) is 53.4 Å². The van der Waals surface area contributed by atoms with Crippen LogP contribution in [0.2, 0.25) is 0 Å². The molecule has 0 radical (unpaired) electrons. The van der Waals surface area contributed by atoms with Gasteiger partial charge < -0.3 is 5.32 Å². The van der Waals surface area contributed by atoms with Crippen LogP contribution in [0.5, 0.6) is 0 Å². The first-order valence-corrected chi connectivity index (χ1v) is 9.60. The standard InChI is InChI=1S/C19H24N2O3S/c1-14(2)13-20-19(22)16-11-10-15(3)18(12-16)21(4)25(23,24)17-8-6-5-7-9-17/h5-12,14H,13H2,1-4H3,(H,20,22). The van der Waals surface area contributed by atoms with Gasteiger partial charge in [-0.3, -0.25) is 9.10 Å². The van der Waals surface area contributed by atoms with E-state index in [2.05, 4.69) is 5.32 Å². The summed E-state index contributed by atoms with van der Waals surface area (Å²) in [5.41, 5.74) is 1.71. The highest BCUT2D eigenvalue weighted by Gasteiger charge is 2.23. The molecule has 0 aliphatic heterocycles. The zero-order valence-corrected chi connectivity index (χ0v) is 15.8. The molecule has 2 rings (SSSR count). The fourth-order valence-corrected chi connectivity index (χ4v) is 3.64. The summed E-state index contributed by atoms with van der Waals surface area (Å²) in [6, 6.07) is 13.3. The van der Waals surface area contributed by atoms with Gasteiger partial charge in [-0.2, -0.15) is 0 Å². The van der Waals surface area contributed by atoms with E-state index in [1.807, 2.05) is 20.8 Å². The van der Waals surface area contributed by atoms with E-state index >= 15 is 0 Å². The second kappa shape index (κ2) is 7.70. The number of sulfonamides is 1. The predicted molar refractivity (Wildman–Crippen MR) is 100 cm³/mol. The molecule has 0 aliphatic carbocycles. The molecule has 1 N–H and O–H groups in total. The number of carbonyl (C=O) groups excluding carboxylic acids is 1. The molecular formula is C19H24N2O3S. The van der Waals surface area contributed by atoms with Crippen molar-refractivity contribution in [3.63, 3.8) is 0 Å². The monoisotopic (exact) mass is 360 g/mol. The van der Waals surface area contributed by atoms with Gasteiger partial charge in [0.15, 0.2) is 0 Å². The predicted octanol–water partition coefficient (Wildman–Crippen LogP) is 3.21. The second-order valence-corrected chi connectivity index (χ2v) is 8.36. The molecule has 0 aromatic heterocycles. The molecule has 0 aliphatic rings. The van der Waals surface area contributed by atoms with Gasteiger partial charge in [0.2, 0.25) is 0 Å². The quantitative estimate of drug-likeness (QED) is 0.860. The average Bonchev–Trinajstić information content (AvgIpc) is 2.60. The van der Waals surface area contributed by atoms with Crippen LogP contribution < -0.4 is 9.62 Å². The van der Waals surface area contributed by atoms with E-state index in [-0.39, 0.29) is 10.8 Å². The number of nitrogens with zero attached hydrogens (tertiary/aromatic N) is 1. The van der Waals surface area contributed by atoms with Crippen molar-refractivity contribution in [2.75, 3.05) is 17.9 Å². The molecule has 2 aromatic rings. The summed E-state index contributed by atoms with van der Waals surface area (Å²) >= 11 is 0. The van der Waals surface area contributed by atoms with Gasteiger partial charge in [0.25, 0.3) is 15.9 Å². The maximum Gasteiger partial charge on any atom is 0.264 e. The van der Waals surface area contributed by atoms with Crippen molar-refractivity contribution >= 4 is 21.6 Å². The van der Waals surface area contributed by atoms with E-state index in [1.54, 1.807) is 48.5 Å². The lowest BCUT2D eigenvalue weighted by molar-refractivity contribution is 0.0949. The van der Waals surface area contributed by atoms with Crippen LogP contribution in [-0.4, -0.2) is 27.9 Å². The summed E-state index contributed by atoms with van der Waals surface area (Å²) in [6.07, 6.45) is 0. The fraction of sp³-hybridized carbons (Fsp3) is 0.316. The molecule has 134 valence electrons. The summed E-state index contributed by atoms with van der Waals surface area (Å²) in [7, 11) is -2.18. The van der Waals surface area contributed by atoms with E-state index in [9.17, 15) is 13.2 Å². The third-order valence-electron chi connectivity index (χ3n) is 3.88. The molecule has 0 bridgehead atoms. The molecule has 0 atom stereocenters. The van der Waals surface area contributed by atoms with E-state index in [4.69, 9.17) is 0 Å². The summed E-state index contributed by atoms with van der Waals surface area (Å²) in [6.45, 7) is 6.42. The molecule has 0 spiro atoms. The maximum atomic E-state index is 12.8. The Labute approximate surface area is 149 Å². The normalized spacial score (nSPS) is 11.4. The van der Waals surface area contributed by atoms with Gasteiger partial charge in [-0.1, -0.05) is 38.1 Å². The molecule has 5 nitrogen and oxygen atoms in total.